The summed E-state index contributed by atoms with van der Waals surface area (Å²) in [6.07, 6.45) is 0.842. The van der Waals surface area contributed by atoms with Gasteiger partial charge in [0.05, 0.1) is 5.92 Å². The Balaban J connectivity index is 0.000000486. The minimum atomic E-state index is -0.753. The van der Waals surface area contributed by atoms with Gasteiger partial charge in [0.15, 0.2) is 0 Å². The molecule has 0 aliphatic carbocycles. The highest BCUT2D eigenvalue weighted by atomic mass is 79.9. The predicted molar refractivity (Wildman–Crippen MR) is 85.9 cm³/mol. The number of amides is 1. The Kier molecular flexibility index (Phi) is 11.5. The number of benzene rings is 1. The van der Waals surface area contributed by atoms with E-state index in [1.165, 1.54) is 0 Å². The van der Waals surface area contributed by atoms with E-state index in [0.717, 1.165) is 6.42 Å². The zero-order valence-electron chi connectivity index (χ0n) is 12.3. The quantitative estimate of drug-likeness (QED) is 0.579. The Hall–Kier alpha value is -1.40. The van der Waals surface area contributed by atoms with Gasteiger partial charge in [0, 0.05) is 31.2 Å². The number of hydrogen-bond donors (Lipinski definition) is 2. The number of ether oxygens (including phenoxy) is 1. The van der Waals surface area contributed by atoms with Crippen LogP contribution >= 0.6 is 15.9 Å². The molecule has 0 fully saturated rings. The molecule has 1 aromatic rings. The van der Waals surface area contributed by atoms with Crippen LogP contribution in [-0.4, -0.2) is 42.6 Å². The predicted octanol–water partition coefficient (Wildman–Crippen LogP) is 2.55. The highest BCUT2D eigenvalue weighted by Gasteiger charge is 2.06. The van der Waals surface area contributed by atoms with E-state index in [4.69, 9.17) is 9.84 Å². The van der Waals surface area contributed by atoms with Gasteiger partial charge in [-0.2, -0.15) is 0 Å². The number of carboxylic acid groups (broad SMARTS) is 1. The van der Waals surface area contributed by atoms with Gasteiger partial charge in [-0.05, 0) is 18.6 Å². The molecule has 2 N–H and O–H groups in total. The second kappa shape index (κ2) is 12.3. The SMILES string of the molecule is CC(CBr)C(=O)O.COCCCNC(=O)c1ccccc1. The number of hydrogen-bond acceptors (Lipinski definition) is 3. The van der Waals surface area contributed by atoms with Crippen LogP contribution in [0.5, 0.6) is 0 Å². The summed E-state index contributed by atoms with van der Waals surface area (Å²) in [5, 5.41) is 11.5. The highest BCUT2D eigenvalue weighted by Crippen LogP contribution is 1.98. The number of carboxylic acids is 1. The monoisotopic (exact) mass is 359 g/mol. The van der Waals surface area contributed by atoms with Crippen molar-refractivity contribution in [3.8, 4) is 0 Å². The molecule has 118 valence electrons. The molecule has 0 radical (unpaired) electrons. The van der Waals surface area contributed by atoms with Crippen LogP contribution in [0.1, 0.15) is 23.7 Å². The first kappa shape index (κ1) is 19.6. The number of aliphatic carboxylic acids is 1. The molecule has 1 unspecified atom stereocenters. The van der Waals surface area contributed by atoms with E-state index in [9.17, 15) is 9.59 Å². The van der Waals surface area contributed by atoms with Crippen LogP contribution < -0.4 is 5.32 Å². The Morgan fingerprint density at radius 1 is 1.33 bits per heavy atom. The molecule has 0 bridgehead atoms. The molecule has 0 saturated carbocycles. The zero-order valence-corrected chi connectivity index (χ0v) is 13.9. The summed E-state index contributed by atoms with van der Waals surface area (Å²) >= 11 is 3.03. The largest absolute Gasteiger partial charge is 0.481 e. The number of alkyl halides is 1. The summed E-state index contributed by atoms with van der Waals surface area (Å²) in [5.74, 6) is -1.04. The number of carbonyl (C=O) groups excluding carboxylic acids is 1. The van der Waals surface area contributed by atoms with Crippen LogP contribution in [0.3, 0.4) is 0 Å². The van der Waals surface area contributed by atoms with Gasteiger partial charge in [-0.25, -0.2) is 0 Å². The van der Waals surface area contributed by atoms with Gasteiger partial charge in [0.2, 0.25) is 0 Å². The van der Waals surface area contributed by atoms with Crippen LogP contribution in [0.2, 0.25) is 0 Å². The van der Waals surface area contributed by atoms with Crippen LogP contribution in [-0.2, 0) is 9.53 Å². The maximum absolute atomic E-state index is 11.5. The fourth-order valence-electron chi connectivity index (χ4n) is 1.18. The van der Waals surface area contributed by atoms with Crippen molar-refractivity contribution in [2.24, 2.45) is 5.92 Å². The number of halogens is 1. The maximum atomic E-state index is 11.5. The fourth-order valence-corrected chi connectivity index (χ4v) is 1.45. The molecule has 0 saturated heterocycles. The van der Waals surface area contributed by atoms with Crippen molar-refractivity contribution in [2.75, 3.05) is 25.6 Å². The van der Waals surface area contributed by atoms with Crippen molar-refractivity contribution in [3.05, 3.63) is 35.9 Å². The fraction of sp³-hybridized carbons (Fsp3) is 0.467. The molecule has 1 atom stereocenters. The number of rotatable bonds is 7. The van der Waals surface area contributed by atoms with E-state index in [1.807, 2.05) is 18.2 Å². The third-order valence-corrected chi connectivity index (χ3v) is 3.47. The summed E-state index contributed by atoms with van der Waals surface area (Å²) in [4.78, 5) is 21.4. The Bertz CT molecular complexity index is 411. The molecular formula is C15H22BrNO4. The molecular weight excluding hydrogens is 338 g/mol. The first-order chi connectivity index (χ1) is 10.0. The molecule has 1 rings (SSSR count). The summed E-state index contributed by atoms with van der Waals surface area (Å²) in [7, 11) is 1.65. The molecule has 5 nitrogen and oxygen atoms in total. The van der Waals surface area contributed by atoms with Gasteiger partial charge in [-0.3, -0.25) is 9.59 Å². The van der Waals surface area contributed by atoms with E-state index < -0.39 is 5.97 Å². The third-order valence-electron chi connectivity index (χ3n) is 2.50. The van der Waals surface area contributed by atoms with Gasteiger partial charge in [-0.15, -0.1) is 0 Å². The van der Waals surface area contributed by atoms with E-state index in [2.05, 4.69) is 21.2 Å². The first-order valence-electron chi connectivity index (χ1n) is 6.63. The molecule has 21 heavy (non-hydrogen) atoms. The van der Waals surface area contributed by atoms with Gasteiger partial charge in [0.25, 0.3) is 5.91 Å². The minimum absolute atomic E-state index is 0.0262. The summed E-state index contributed by atoms with van der Waals surface area (Å²) in [6.45, 7) is 2.98. The average Bonchev–Trinajstić information content (AvgIpc) is 2.52. The van der Waals surface area contributed by atoms with E-state index >= 15 is 0 Å². The van der Waals surface area contributed by atoms with Crippen LogP contribution in [0.25, 0.3) is 0 Å². The van der Waals surface area contributed by atoms with Crippen molar-refractivity contribution in [1.82, 2.24) is 5.32 Å². The topological polar surface area (TPSA) is 75.6 Å². The van der Waals surface area contributed by atoms with Crippen molar-refractivity contribution in [3.63, 3.8) is 0 Å². The summed E-state index contributed by atoms with van der Waals surface area (Å²) in [5.41, 5.74) is 0.699. The van der Waals surface area contributed by atoms with Gasteiger partial charge in [-0.1, -0.05) is 41.1 Å². The highest BCUT2D eigenvalue weighted by molar-refractivity contribution is 9.09. The smallest absolute Gasteiger partial charge is 0.307 e. The van der Waals surface area contributed by atoms with Crippen LogP contribution in [0, 0.1) is 5.92 Å². The molecule has 0 heterocycles. The van der Waals surface area contributed by atoms with Gasteiger partial charge < -0.3 is 15.2 Å². The second-order valence-electron chi connectivity index (χ2n) is 4.36. The normalized spacial score (nSPS) is 11.0. The number of carbonyl (C=O) groups is 2. The van der Waals surface area contributed by atoms with Crippen molar-refractivity contribution in [2.45, 2.75) is 13.3 Å². The molecule has 0 spiro atoms. The average molecular weight is 360 g/mol. The Morgan fingerprint density at radius 2 is 1.95 bits per heavy atom. The minimum Gasteiger partial charge on any atom is -0.481 e. The summed E-state index contributed by atoms with van der Waals surface area (Å²) < 4.78 is 4.88. The lowest BCUT2D eigenvalue weighted by Crippen LogP contribution is -2.25. The van der Waals surface area contributed by atoms with Gasteiger partial charge >= 0.3 is 5.97 Å². The van der Waals surface area contributed by atoms with Crippen molar-refractivity contribution in [1.29, 1.82) is 0 Å². The molecule has 0 aliphatic heterocycles. The van der Waals surface area contributed by atoms with Crippen LogP contribution in [0.4, 0.5) is 0 Å². The molecule has 0 aliphatic rings. The molecule has 0 aromatic heterocycles. The lowest BCUT2D eigenvalue weighted by molar-refractivity contribution is -0.140. The lowest BCUT2D eigenvalue weighted by Gasteiger charge is -2.03. The zero-order chi connectivity index (χ0) is 16.1. The molecule has 6 heteroatoms. The molecule has 1 amide bonds. The van der Waals surface area contributed by atoms with Crippen molar-refractivity contribution < 1.29 is 19.4 Å². The standard InChI is InChI=1S/C11H15NO2.C4H7BrO2/c1-14-9-5-8-12-11(13)10-6-3-2-4-7-10;1-3(2-5)4(6)7/h2-4,6-7H,5,8-9H2,1H3,(H,12,13);3H,2H2,1H3,(H,6,7). The Morgan fingerprint density at radius 3 is 2.38 bits per heavy atom. The summed E-state index contributed by atoms with van der Waals surface area (Å²) in [6, 6.07) is 9.19. The van der Waals surface area contributed by atoms with Crippen LogP contribution in [0.15, 0.2) is 30.3 Å². The number of nitrogens with one attached hydrogen (secondary N) is 1. The lowest BCUT2D eigenvalue weighted by atomic mass is 10.2. The number of methoxy groups -OCH3 is 1. The van der Waals surface area contributed by atoms with E-state index in [0.29, 0.717) is 24.0 Å². The van der Waals surface area contributed by atoms with Gasteiger partial charge in [0.1, 0.15) is 0 Å². The van der Waals surface area contributed by atoms with E-state index in [1.54, 1.807) is 26.2 Å². The Labute approximate surface area is 133 Å². The third kappa shape index (κ3) is 10.0. The van der Waals surface area contributed by atoms with Crippen molar-refractivity contribution >= 4 is 27.8 Å². The maximum Gasteiger partial charge on any atom is 0.307 e. The molecule has 1 aromatic carbocycles. The first-order valence-corrected chi connectivity index (χ1v) is 7.76. The second-order valence-corrected chi connectivity index (χ2v) is 5.01. The van der Waals surface area contributed by atoms with E-state index in [-0.39, 0.29) is 11.8 Å².